The van der Waals surface area contributed by atoms with Gasteiger partial charge in [-0.15, -0.1) is 11.3 Å². The van der Waals surface area contributed by atoms with Crippen LogP contribution in [0.1, 0.15) is 0 Å². The van der Waals surface area contributed by atoms with Gasteiger partial charge in [0, 0.05) is 16.8 Å². The zero-order chi connectivity index (χ0) is 14.2. The summed E-state index contributed by atoms with van der Waals surface area (Å²) < 4.78 is 26.3. The van der Waals surface area contributed by atoms with Crippen LogP contribution in [0, 0.1) is 0 Å². The molecule has 1 heterocycles. The van der Waals surface area contributed by atoms with Crippen LogP contribution in [-0.2, 0) is 14.8 Å². The van der Waals surface area contributed by atoms with Crippen molar-refractivity contribution in [2.45, 2.75) is 4.21 Å². The first kappa shape index (κ1) is 14.3. The number of nitrogens with two attached hydrogens (primary N) is 1. The maximum Gasteiger partial charge on any atom is 0.252 e. The van der Waals surface area contributed by atoms with E-state index < -0.39 is 15.9 Å². The molecule has 8 heteroatoms. The van der Waals surface area contributed by atoms with E-state index in [4.69, 9.17) is 17.3 Å². The minimum absolute atomic E-state index is 0.161. The highest BCUT2D eigenvalue weighted by molar-refractivity contribution is 7.91. The Hall–Kier alpha value is -1.15. The average Bonchev–Trinajstić information content (AvgIpc) is 2.71. The number of primary amides is 1. The maximum atomic E-state index is 12.2. The Kier molecular flexibility index (Phi) is 3.82. The van der Waals surface area contributed by atoms with Crippen LogP contribution in [0.3, 0.4) is 0 Å². The number of thiophene rings is 1. The van der Waals surface area contributed by atoms with Gasteiger partial charge in [0.2, 0.25) is 5.91 Å². The fourth-order valence-electron chi connectivity index (χ4n) is 1.58. The Balaban J connectivity index is 2.45. The number of carbonyl (C=O) groups is 1. The van der Waals surface area contributed by atoms with E-state index in [1.807, 2.05) is 0 Å². The third-order valence-electron chi connectivity index (χ3n) is 2.50. The summed E-state index contributed by atoms with van der Waals surface area (Å²) in [7, 11) is -2.38. The molecule has 0 aliphatic carbocycles. The lowest BCUT2D eigenvalue weighted by Crippen LogP contribution is -2.34. The summed E-state index contributed by atoms with van der Waals surface area (Å²) in [5.41, 5.74) is 5.00. The highest BCUT2D eigenvalue weighted by Gasteiger charge is 2.24. The van der Waals surface area contributed by atoms with E-state index in [0.717, 1.165) is 25.7 Å². The molecule has 0 fully saturated rings. The van der Waals surface area contributed by atoms with Crippen molar-refractivity contribution in [1.29, 1.82) is 0 Å². The highest BCUT2D eigenvalue weighted by Crippen LogP contribution is 2.32. The molecule has 5 nitrogen and oxygen atoms in total. The summed E-state index contributed by atoms with van der Waals surface area (Å²) in [4.78, 5) is 10.8. The second-order valence-corrected chi connectivity index (χ2v) is 7.77. The van der Waals surface area contributed by atoms with Crippen LogP contribution < -0.4 is 5.73 Å². The van der Waals surface area contributed by atoms with Crippen molar-refractivity contribution in [3.63, 3.8) is 0 Å². The molecule has 0 aliphatic rings. The summed E-state index contributed by atoms with van der Waals surface area (Å²) in [6.07, 6.45) is 0. The summed E-state index contributed by atoms with van der Waals surface area (Å²) in [6, 6.07) is 6.69. The van der Waals surface area contributed by atoms with Crippen LogP contribution in [-0.4, -0.2) is 32.2 Å². The highest BCUT2D eigenvalue weighted by atomic mass is 35.5. The molecule has 0 radical (unpaired) electrons. The molecule has 0 spiro atoms. The van der Waals surface area contributed by atoms with Crippen molar-refractivity contribution in [3.8, 4) is 0 Å². The molecule has 2 aromatic rings. The van der Waals surface area contributed by atoms with E-state index >= 15 is 0 Å². The van der Waals surface area contributed by atoms with Crippen molar-refractivity contribution < 1.29 is 13.2 Å². The largest absolute Gasteiger partial charge is 0.369 e. The Labute approximate surface area is 119 Å². The van der Waals surface area contributed by atoms with Crippen LogP contribution in [0.4, 0.5) is 0 Å². The van der Waals surface area contributed by atoms with Crippen LogP contribution in [0.25, 0.3) is 10.1 Å². The first-order chi connectivity index (χ1) is 8.80. The summed E-state index contributed by atoms with van der Waals surface area (Å²) in [6.45, 7) is -0.350. The van der Waals surface area contributed by atoms with E-state index in [-0.39, 0.29) is 10.8 Å². The van der Waals surface area contributed by atoms with Crippen LogP contribution in [0.2, 0.25) is 5.02 Å². The van der Waals surface area contributed by atoms with E-state index in [1.165, 1.54) is 7.05 Å². The molecule has 1 aromatic heterocycles. The lowest BCUT2D eigenvalue weighted by molar-refractivity contribution is -0.118. The molecule has 2 rings (SSSR count). The molecule has 102 valence electrons. The van der Waals surface area contributed by atoms with Gasteiger partial charge in [0.05, 0.1) is 6.54 Å². The lowest BCUT2D eigenvalue weighted by Gasteiger charge is -2.13. The van der Waals surface area contributed by atoms with E-state index in [9.17, 15) is 13.2 Å². The zero-order valence-electron chi connectivity index (χ0n) is 9.96. The Bertz CT molecular complexity index is 739. The van der Waals surface area contributed by atoms with Gasteiger partial charge in [-0.2, -0.15) is 4.31 Å². The number of hydrogen-bond donors (Lipinski definition) is 1. The molecule has 2 N–H and O–H groups in total. The van der Waals surface area contributed by atoms with Crippen molar-refractivity contribution in [3.05, 3.63) is 29.3 Å². The Morgan fingerprint density at radius 3 is 2.74 bits per heavy atom. The average molecular weight is 319 g/mol. The van der Waals surface area contributed by atoms with Gasteiger partial charge in [-0.1, -0.05) is 11.6 Å². The molecular formula is C11H11ClN2O3S2. The zero-order valence-corrected chi connectivity index (χ0v) is 12.3. The number of carbonyl (C=O) groups excluding carboxylic acids is 1. The van der Waals surface area contributed by atoms with Gasteiger partial charge in [-0.25, -0.2) is 8.42 Å². The quantitative estimate of drug-likeness (QED) is 0.931. The van der Waals surface area contributed by atoms with E-state index in [2.05, 4.69) is 0 Å². The van der Waals surface area contributed by atoms with Gasteiger partial charge in [-0.3, -0.25) is 4.79 Å². The van der Waals surface area contributed by atoms with Gasteiger partial charge in [0.1, 0.15) is 4.21 Å². The standard InChI is InChI=1S/C11H11ClN2O3S2/c1-14(6-10(13)15)19(16,17)11-5-7-4-8(12)2-3-9(7)18-11/h2-5H,6H2,1H3,(H2,13,15). The number of halogens is 1. The third kappa shape index (κ3) is 2.89. The molecule has 0 unspecified atom stereocenters. The third-order valence-corrected chi connectivity index (χ3v) is 6.10. The van der Waals surface area contributed by atoms with Crippen molar-refractivity contribution in [1.82, 2.24) is 4.31 Å². The van der Waals surface area contributed by atoms with E-state index in [1.54, 1.807) is 24.3 Å². The first-order valence-corrected chi connectivity index (χ1v) is 7.88. The molecule has 1 aromatic carbocycles. The molecule has 19 heavy (non-hydrogen) atoms. The Morgan fingerprint density at radius 2 is 2.11 bits per heavy atom. The van der Waals surface area contributed by atoms with Crippen molar-refractivity contribution in [2.75, 3.05) is 13.6 Å². The number of likely N-dealkylation sites (N-methyl/N-ethyl adjacent to an activating group) is 1. The second kappa shape index (κ2) is 5.09. The summed E-state index contributed by atoms with van der Waals surface area (Å²) in [5, 5.41) is 1.29. The van der Waals surface area contributed by atoms with Gasteiger partial charge < -0.3 is 5.73 Å². The number of rotatable bonds is 4. The van der Waals surface area contributed by atoms with Crippen LogP contribution in [0.5, 0.6) is 0 Å². The number of benzene rings is 1. The minimum atomic E-state index is -3.70. The molecule has 0 saturated heterocycles. The lowest BCUT2D eigenvalue weighted by atomic mass is 10.3. The predicted molar refractivity (Wildman–Crippen MR) is 75.8 cm³/mol. The monoisotopic (exact) mass is 318 g/mol. The van der Waals surface area contributed by atoms with Gasteiger partial charge >= 0.3 is 0 Å². The van der Waals surface area contributed by atoms with Gasteiger partial charge in [-0.05, 0) is 29.7 Å². The number of fused-ring (bicyclic) bond motifs is 1. The van der Waals surface area contributed by atoms with E-state index in [0.29, 0.717) is 5.02 Å². The molecule has 0 bridgehead atoms. The fourth-order valence-corrected chi connectivity index (χ4v) is 4.48. The summed E-state index contributed by atoms with van der Waals surface area (Å²) in [5.74, 6) is -0.699. The molecular weight excluding hydrogens is 308 g/mol. The normalized spacial score (nSPS) is 12.2. The SMILES string of the molecule is CN(CC(N)=O)S(=O)(=O)c1cc2cc(Cl)ccc2s1. The molecule has 0 saturated carbocycles. The number of sulfonamides is 1. The van der Waals surface area contributed by atoms with Crippen LogP contribution >= 0.6 is 22.9 Å². The smallest absolute Gasteiger partial charge is 0.252 e. The summed E-state index contributed by atoms with van der Waals surface area (Å²) >= 11 is 6.99. The molecule has 0 atom stereocenters. The minimum Gasteiger partial charge on any atom is -0.369 e. The predicted octanol–water partition coefficient (Wildman–Crippen LogP) is 1.66. The van der Waals surface area contributed by atoms with Gasteiger partial charge in [0.15, 0.2) is 0 Å². The topological polar surface area (TPSA) is 80.5 Å². The fraction of sp³-hybridized carbons (Fsp3) is 0.182. The maximum absolute atomic E-state index is 12.2. The molecule has 0 aliphatic heterocycles. The van der Waals surface area contributed by atoms with Crippen molar-refractivity contribution in [2.24, 2.45) is 5.73 Å². The Morgan fingerprint density at radius 1 is 1.42 bits per heavy atom. The van der Waals surface area contributed by atoms with Gasteiger partial charge in [0.25, 0.3) is 10.0 Å². The number of amides is 1. The van der Waals surface area contributed by atoms with Crippen LogP contribution in [0.15, 0.2) is 28.5 Å². The first-order valence-electron chi connectivity index (χ1n) is 5.24. The molecule has 1 amide bonds. The second-order valence-electron chi connectivity index (χ2n) is 3.97. The van der Waals surface area contributed by atoms with Crippen molar-refractivity contribution >= 4 is 49.0 Å². The number of hydrogen-bond acceptors (Lipinski definition) is 4. The number of nitrogens with zero attached hydrogens (tertiary/aromatic N) is 1.